The number of hydrogen-bond donors (Lipinski definition) is 1. The second-order valence-electron chi connectivity index (χ2n) is 5.47. The summed E-state index contributed by atoms with van der Waals surface area (Å²) in [5, 5.41) is 0. The number of hydrogen-bond acceptors (Lipinski definition) is 3. The van der Waals surface area contributed by atoms with Crippen LogP contribution in [0.3, 0.4) is 0 Å². The summed E-state index contributed by atoms with van der Waals surface area (Å²) in [6.45, 7) is 13.1. The Morgan fingerprint density at radius 2 is 2.00 bits per heavy atom. The molecule has 2 N–H and O–H groups in total. The van der Waals surface area contributed by atoms with Crippen LogP contribution in [-0.4, -0.2) is 24.0 Å². The third-order valence-electron chi connectivity index (χ3n) is 3.99. The topological polar surface area (TPSA) is 29.3 Å². The molecule has 2 atom stereocenters. The Morgan fingerprint density at radius 1 is 1.32 bits per heavy atom. The standard InChI is InChI=1S/C16H30N2S/c1-6-8-9-18(12(3)7-2)16(11-17)15-10-13(4)19-14(15)5/h10,12,16H,6-9,11,17H2,1-5H3. The maximum absolute atomic E-state index is 6.11. The lowest BCUT2D eigenvalue weighted by Crippen LogP contribution is -2.40. The highest BCUT2D eigenvalue weighted by molar-refractivity contribution is 7.12. The summed E-state index contributed by atoms with van der Waals surface area (Å²) in [7, 11) is 0. The molecule has 0 aliphatic carbocycles. The molecule has 1 aromatic heterocycles. The van der Waals surface area contributed by atoms with Crippen molar-refractivity contribution < 1.29 is 0 Å². The maximum atomic E-state index is 6.11. The largest absolute Gasteiger partial charge is 0.329 e. The van der Waals surface area contributed by atoms with Crippen molar-refractivity contribution in [1.29, 1.82) is 0 Å². The molecule has 0 bridgehead atoms. The average molecular weight is 282 g/mol. The van der Waals surface area contributed by atoms with E-state index in [1.807, 2.05) is 11.3 Å². The minimum Gasteiger partial charge on any atom is -0.329 e. The van der Waals surface area contributed by atoms with Gasteiger partial charge in [0, 0.05) is 28.4 Å². The summed E-state index contributed by atoms with van der Waals surface area (Å²) in [6.07, 6.45) is 3.68. The van der Waals surface area contributed by atoms with Gasteiger partial charge in [-0.05, 0) is 51.8 Å². The molecule has 1 heterocycles. The molecule has 2 unspecified atom stereocenters. The molecule has 2 nitrogen and oxygen atoms in total. The second kappa shape index (κ2) is 8.03. The van der Waals surface area contributed by atoms with Gasteiger partial charge < -0.3 is 5.73 Å². The van der Waals surface area contributed by atoms with Gasteiger partial charge in [-0.1, -0.05) is 20.3 Å². The smallest absolute Gasteiger partial charge is 0.0484 e. The highest BCUT2D eigenvalue weighted by Crippen LogP contribution is 2.31. The Bertz CT molecular complexity index is 373. The van der Waals surface area contributed by atoms with E-state index in [9.17, 15) is 0 Å². The van der Waals surface area contributed by atoms with Gasteiger partial charge in [-0.25, -0.2) is 0 Å². The SMILES string of the molecule is CCCCN(C(C)CC)C(CN)c1cc(C)sc1C. The van der Waals surface area contributed by atoms with Crippen molar-refractivity contribution in [2.24, 2.45) is 5.73 Å². The minimum atomic E-state index is 0.381. The van der Waals surface area contributed by atoms with E-state index in [0.29, 0.717) is 18.6 Å². The second-order valence-corrected chi connectivity index (χ2v) is 6.93. The predicted octanol–water partition coefficient (Wildman–Crippen LogP) is 4.27. The summed E-state index contributed by atoms with van der Waals surface area (Å²) < 4.78 is 0. The average Bonchev–Trinajstić information content (AvgIpc) is 2.72. The first kappa shape index (κ1) is 16.7. The van der Waals surface area contributed by atoms with Gasteiger partial charge in [0.15, 0.2) is 0 Å². The van der Waals surface area contributed by atoms with Crippen molar-refractivity contribution in [3.05, 3.63) is 21.4 Å². The molecular formula is C16H30N2S. The minimum absolute atomic E-state index is 0.381. The van der Waals surface area contributed by atoms with E-state index in [4.69, 9.17) is 5.73 Å². The van der Waals surface area contributed by atoms with Gasteiger partial charge in [0.2, 0.25) is 0 Å². The van der Waals surface area contributed by atoms with E-state index >= 15 is 0 Å². The van der Waals surface area contributed by atoms with Crippen molar-refractivity contribution in [2.45, 2.75) is 66.0 Å². The Labute approximate surface area is 123 Å². The fraction of sp³-hybridized carbons (Fsp3) is 0.750. The fourth-order valence-corrected chi connectivity index (χ4v) is 3.66. The Hall–Kier alpha value is -0.380. The first-order valence-corrected chi connectivity index (χ1v) is 8.39. The molecule has 0 aliphatic rings. The lowest BCUT2D eigenvalue weighted by Gasteiger charge is -2.36. The van der Waals surface area contributed by atoms with Gasteiger partial charge >= 0.3 is 0 Å². The molecule has 19 heavy (non-hydrogen) atoms. The van der Waals surface area contributed by atoms with Crippen molar-refractivity contribution >= 4 is 11.3 Å². The highest BCUT2D eigenvalue weighted by Gasteiger charge is 2.24. The highest BCUT2D eigenvalue weighted by atomic mass is 32.1. The van der Waals surface area contributed by atoms with E-state index in [1.54, 1.807) is 0 Å². The molecule has 0 fully saturated rings. The molecule has 0 aliphatic heterocycles. The van der Waals surface area contributed by atoms with Crippen LogP contribution in [0.15, 0.2) is 6.07 Å². The molecule has 0 saturated heterocycles. The molecule has 3 heteroatoms. The summed E-state index contributed by atoms with van der Waals surface area (Å²) in [5.74, 6) is 0. The van der Waals surface area contributed by atoms with Crippen molar-refractivity contribution in [2.75, 3.05) is 13.1 Å². The van der Waals surface area contributed by atoms with Gasteiger partial charge in [0.1, 0.15) is 0 Å². The summed E-state index contributed by atoms with van der Waals surface area (Å²) >= 11 is 1.89. The number of aryl methyl sites for hydroxylation is 2. The van der Waals surface area contributed by atoms with Gasteiger partial charge in [-0.3, -0.25) is 4.90 Å². The molecular weight excluding hydrogens is 252 g/mol. The third-order valence-corrected chi connectivity index (χ3v) is 4.97. The molecule has 110 valence electrons. The Balaban J connectivity index is 2.98. The van der Waals surface area contributed by atoms with Gasteiger partial charge in [0.05, 0.1) is 0 Å². The first-order valence-electron chi connectivity index (χ1n) is 7.57. The zero-order valence-corrected chi connectivity index (χ0v) is 14.0. The van der Waals surface area contributed by atoms with Crippen LogP contribution in [0.1, 0.15) is 61.4 Å². The van der Waals surface area contributed by atoms with E-state index in [0.717, 1.165) is 6.54 Å². The summed E-state index contributed by atoms with van der Waals surface area (Å²) in [5.41, 5.74) is 7.56. The monoisotopic (exact) mass is 282 g/mol. The van der Waals surface area contributed by atoms with Crippen molar-refractivity contribution in [3.8, 4) is 0 Å². The van der Waals surface area contributed by atoms with Gasteiger partial charge in [0.25, 0.3) is 0 Å². The zero-order valence-electron chi connectivity index (χ0n) is 13.2. The van der Waals surface area contributed by atoms with Crippen LogP contribution in [0.4, 0.5) is 0 Å². The Kier molecular flexibility index (Phi) is 7.05. The van der Waals surface area contributed by atoms with Crippen LogP contribution in [0.5, 0.6) is 0 Å². The van der Waals surface area contributed by atoms with Crippen LogP contribution >= 0.6 is 11.3 Å². The number of unbranched alkanes of at least 4 members (excludes halogenated alkanes) is 1. The van der Waals surface area contributed by atoms with Crippen molar-refractivity contribution in [1.82, 2.24) is 4.90 Å². The summed E-state index contributed by atoms with van der Waals surface area (Å²) in [6, 6.07) is 3.31. The van der Waals surface area contributed by atoms with Gasteiger partial charge in [-0.15, -0.1) is 11.3 Å². The lowest BCUT2D eigenvalue weighted by atomic mass is 10.0. The molecule has 0 amide bonds. The van der Waals surface area contributed by atoms with Gasteiger partial charge in [-0.2, -0.15) is 0 Å². The van der Waals surface area contributed by atoms with Crippen LogP contribution in [-0.2, 0) is 0 Å². The Morgan fingerprint density at radius 3 is 2.42 bits per heavy atom. The zero-order chi connectivity index (χ0) is 14.4. The van der Waals surface area contributed by atoms with Crippen LogP contribution in [0.25, 0.3) is 0 Å². The van der Waals surface area contributed by atoms with Crippen LogP contribution in [0.2, 0.25) is 0 Å². The number of thiophene rings is 1. The first-order chi connectivity index (χ1) is 9.04. The van der Waals surface area contributed by atoms with Crippen LogP contribution < -0.4 is 5.73 Å². The lowest BCUT2D eigenvalue weighted by molar-refractivity contribution is 0.141. The fourth-order valence-electron chi connectivity index (χ4n) is 2.68. The number of nitrogens with zero attached hydrogens (tertiary/aromatic N) is 1. The van der Waals surface area contributed by atoms with E-state index < -0.39 is 0 Å². The van der Waals surface area contributed by atoms with Crippen molar-refractivity contribution in [3.63, 3.8) is 0 Å². The maximum Gasteiger partial charge on any atom is 0.0484 e. The van der Waals surface area contributed by atoms with E-state index in [-0.39, 0.29) is 0 Å². The normalized spacial score (nSPS) is 14.9. The molecule has 0 aromatic carbocycles. The summed E-state index contributed by atoms with van der Waals surface area (Å²) in [4.78, 5) is 5.43. The molecule has 0 saturated carbocycles. The third kappa shape index (κ3) is 4.30. The number of rotatable bonds is 8. The van der Waals surface area contributed by atoms with Crippen LogP contribution in [0, 0.1) is 13.8 Å². The van der Waals surface area contributed by atoms with E-state index in [1.165, 1.54) is 34.6 Å². The molecule has 1 rings (SSSR count). The van der Waals surface area contributed by atoms with E-state index in [2.05, 4.69) is 45.6 Å². The molecule has 1 aromatic rings. The number of nitrogens with two attached hydrogens (primary N) is 1. The quantitative estimate of drug-likeness (QED) is 0.771. The predicted molar refractivity (Wildman–Crippen MR) is 87.0 cm³/mol. The molecule has 0 spiro atoms. The molecule has 0 radical (unpaired) electrons.